The molecule has 2 aromatic heterocycles. The molecule has 0 spiro atoms. The minimum Gasteiger partial charge on any atom is -0.493 e. The number of ether oxygens (including phenoxy) is 3. The van der Waals surface area contributed by atoms with Crippen LogP contribution in [-0.2, 0) is 10.0 Å². The summed E-state index contributed by atoms with van der Waals surface area (Å²) in [5.74, 6) is 1.58. The van der Waals surface area contributed by atoms with E-state index in [1.807, 2.05) is 0 Å². The summed E-state index contributed by atoms with van der Waals surface area (Å²) >= 11 is 1.31. The quantitative estimate of drug-likeness (QED) is 0.636. The van der Waals surface area contributed by atoms with Gasteiger partial charge in [0, 0.05) is 23.1 Å². The van der Waals surface area contributed by atoms with E-state index >= 15 is 0 Å². The van der Waals surface area contributed by atoms with Crippen molar-refractivity contribution >= 4 is 27.0 Å². The summed E-state index contributed by atoms with van der Waals surface area (Å²) in [7, 11) is 0.560. The number of hydrogen-bond donors (Lipinski definition) is 1. The van der Waals surface area contributed by atoms with Crippen molar-refractivity contribution in [1.82, 2.24) is 5.16 Å². The lowest BCUT2D eigenvalue weighted by atomic mass is 10.2. The fourth-order valence-corrected chi connectivity index (χ4v) is 5.14. The van der Waals surface area contributed by atoms with E-state index in [4.69, 9.17) is 18.7 Å². The first-order valence-electron chi connectivity index (χ1n) is 7.74. The Bertz CT molecular complexity index is 1020. The Hall–Kier alpha value is -2.72. The summed E-state index contributed by atoms with van der Waals surface area (Å²) in [6, 6.07) is 6.28. The number of hydrogen-bond acceptors (Lipinski definition) is 8. The molecule has 1 N–H and O–H groups in total. The fraction of sp³-hybridized carbons (Fsp3) is 0.235. The van der Waals surface area contributed by atoms with Gasteiger partial charge in [0.1, 0.15) is 4.90 Å². The van der Waals surface area contributed by atoms with E-state index in [9.17, 15) is 8.42 Å². The second-order valence-corrected chi connectivity index (χ2v) is 8.33. The molecule has 27 heavy (non-hydrogen) atoms. The first-order chi connectivity index (χ1) is 12.9. The largest absolute Gasteiger partial charge is 0.493 e. The van der Waals surface area contributed by atoms with E-state index in [0.29, 0.717) is 32.8 Å². The third-order valence-corrected chi connectivity index (χ3v) is 6.46. The van der Waals surface area contributed by atoms with Gasteiger partial charge in [0.25, 0.3) is 10.0 Å². The number of nitrogens with zero attached hydrogens (tertiary/aromatic N) is 1. The molecule has 0 amide bonds. The summed E-state index contributed by atoms with van der Waals surface area (Å²) in [4.78, 5) is 1.46. The average molecular weight is 410 g/mol. The van der Waals surface area contributed by atoms with Crippen molar-refractivity contribution in [3.63, 3.8) is 0 Å². The third kappa shape index (κ3) is 3.71. The van der Waals surface area contributed by atoms with Crippen LogP contribution in [0.5, 0.6) is 17.2 Å². The zero-order valence-corrected chi connectivity index (χ0v) is 16.7. The molecule has 0 aliphatic rings. The molecule has 1 aromatic carbocycles. The Kier molecular flexibility index (Phi) is 5.29. The van der Waals surface area contributed by atoms with Gasteiger partial charge in [0.2, 0.25) is 5.75 Å². The van der Waals surface area contributed by atoms with Crippen molar-refractivity contribution < 1.29 is 27.2 Å². The molecule has 0 radical (unpaired) electrons. The highest BCUT2D eigenvalue weighted by Crippen LogP contribution is 2.41. The fourth-order valence-electron chi connectivity index (χ4n) is 2.55. The van der Waals surface area contributed by atoms with Gasteiger partial charge in [-0.25, -0.2) is 8.42 Å². The van der Waals surface area contributed by atoms with Gasteiger partial charge in [0.05, 0.1) is 38.1 Å². The van der Waals surface area contributed by atoms with Crippen molar-refractivity contribution in [2.24, 2.45) is 0 Å². The maximum Gasteiger partial charge on any atom is 0.263 e. The molecule has 0 atom stereocenters. The normalized spacial score (nSPS) is 11.3. The number of thiophene rings is 1. The monoisotopic (exact) mass is 410 g/mol. The molecule has 3 rings (SSSR count). The number of aromatic nitrogens is 1. The first-order valence-corrected chi connectivity index (χ1v) is 10.0. The molecular weight excluding hydrogens is 392 g/mol. The predicted octanol–water partition coefficient (Wildman–Crippen LogP) is 3.54. The Labute approximate surface area is 160 Å². The molecule has 2 heterocycles. The van der Waals surface area contributed by atoms with Crippen LogP contribution < -0.4 is 18.9 Å². The van der Waals surface area contributed by atoms with Crippen LogP contribution in [-0.4, -0.2) is 34.9 Å². The molecule has 8 nitrogen and oxygen atoms in total. The lowest BCUT2D eigenvalue weighted by Crippen LogP contribution is -2.13. The van der Waals surface area contributed by atoms with Crippen molar-refractivity contribution in [2.45, 2.75) is 11.8 Å². The minimum absolute atomic E-state index is 0.160. The Morgan fingerprint density at radius 2 is 1.74 bits per heavy atom. The van der Waals surface area contributed by atoms with E-state index in [-0.39, 0.29) is 10.6 Å². The topological polar surface area (TPSA) is 99.9 Å². The van der Waals surface area contributed by atoms with Gasteiger partial charge in [-0.3, -0.25) is 4.72 Å². The third-order valence-electron chi connectivity index (χ3n) is 3.76. The number of benzene rings is 1. The van der Waals surface area contributed by atoms with Crippen molar-refractivity contribution in [2.75, 3.05) is 26.1 Å². The molecule has 10 heteroatoms. The van der Waals surface area contributed by atoms with Crippen LogP contribution in [0.2, 0.25) is 0 Å². The van der Waals surface area contributed by atoms with Crippen LogP contribution in [0.25, 0.3) is 10.6 Å². The summed E-state index contributed by atoms with van der Waals surface area (Å²) in [6.45, 7) is 1.73. The van der Waals surface area contributed by atoms with Gasteiger partial charge < -0.3 is 18.7 Å². The average Bonchev–Trinajstić information content (AvgIpc) is 3.30. The van der Waals surface area contributed by atoms with E-state index in [1.165, 1.54) is 51.0 Å². The number of rotatable bonds is 7. The highest BCUT2D eigenvalue weighted by Gasteiger charge is 2.23. The standard InChI is InChI=1S/C17H18N2O6S2/c1-10-16(9-15(26-10)12-5-6-18-25-12)27(20,21)19-11-7-13(22-2)17(24-4)14(8-11)23-3/h5-9,19H,1-4H3. The Morgan fingerprint density at radius 1 is 1.07 bits per heavy atom. The highest BCUT2D eigenvalue weighted by atomic mass is 32.2. The molecule has 144 valence electrons. The van der Waals surface area contributed by atoms with Gasteiger partial charge in [0.15, 0.2) is 17.3 Å². The van der Waals surface area contributed by atoms with Gasteiger partial charge in [-0.05, 0) is 13.0 Å². The summed E-state index contributed by atoms with van der Waals surface area (Å²) < 4.78 is 49.2. The molecule has 0 unspecified atom stereocenters. The summed E-state index contributed by atoms with van der Waals surface area (Å²) in [6.07, 6.45) is 1.51. The lowest BCUT2D eigenvalue weighted by molar-refractivity contribution is 0.325. The molecule has 0 aliphatic carbocycles. The summed E-state index contributed by atoms with van der Waals surface area (Å²) in [5, 5.41) is 3.65. The highest BCUT2D eigenvalue weighted by molar-refractivity contribution is 7.93. The first kappa shape index (κ1) is 19.1. The van der Waals surface area contributed by atoms with E-state index in [2.05, 4.69) is 9.88 Å². The van der Waals surface area contributed by atoms with Crippen LogP contribution in [0.15, 0.2) is 39.9 Å². The van der Waals surface area contributed by atoms with Crippen LogP contribution in [0.4, 0.5) is 5.69 Å². The number of anilines is 1. The van der Waals surface area contributed by atoms with Crippen molar-refractivity contribution in [3.8, 4) is 27.9 Å². The molecule has 3 aromatic rings. The van der Waals surface area contributed by atoms with E-state index in [0.717, 1.165) is 0 Å². The van der Waals surface area contributed by atoms with Crippen LogP contribution in [0, 0.1) is 6.92 Å². The van der Waals surface area contributed by atoms with Crippen LogP contribution in [0.3, 0.4) is 0 Å². The molecule has 0 fully saturated rings. The zero-order valence-electron chi connectivity index (χ0n) is 15.1. The van der Waals surface area contributed by atoms with Gasteiger partial charge in [-0.15, -0.1) is 11.3 Å². The SMILES string of the molecule is COc1cc(NS(=O)(=O)c2cc(-c3ccno3)sc2C)cc(OC)c1OC. The van der Waals surface area contributed by atoms with Crippen LogP contribution in [0.1, 0.15) is 4.88 Å². The maximum atomic E-state index is 12.9. The Morgan fingerprint density at radius 3 is 2.26 bits per heavy atom. The van der Waals surface area contributed by atoms with Gasteiger partial charge >= 0.3 is 0 Å². The lowest BCUT2D eigenvalue weighted by Gasteiger charge is -2.15. The second kappa shape index (κ2) is 7.49. The number of methoxy groups -OCH3 is 3. The van der Waals surface area contributed by atoms with E-state index < -0.39 is 10.0 Å². The number of nitrogens with one attached hydrogen (secondary N) is 1. The maximum absolute atomic E-state index is 12.9. The molecule has 0 saturated heterocycles. The molecular formula is C17H18N2O6S2. The molecule has 0 bridgehead atoms. The second-order valence-electron chi connectivity index (χ2n) is 5.43. The summed E-state index contributed by atoms with van der Waals surface area (Å²) in [5.41, 5.74) is 0.288. The number of sulfonamides is 1. The molecule has 0 aliphatic heterocycles. The minimum atomic E-state index is -3.84. The molecule has 0 saturated carbocycles. The van der Waals surface area contributed by atoms with Crippen molar-refractivity contribution in [3.05, 3.63) is 35.3 Å². The van der Waals surface area contributed by atoms with Gasteiger partial charge in [-0.2, -0.15) is 0 Å². The number of aryl methyl sites for hydroxylation is 1. The van der Waals surface area contributed by atoms with Gasteiger partial charge in [-0.1, -0.05) is 5.16 Å². The van der Waals surface area contributed by atoms with E-state index in [1.54, 1.807) is 19.1 Å². The van der Waals surface area contributed by atoms with Crippen LogP contribution >= 0.6 is 11.3 Å². The van der Waals surface area contributed by atoms with Crippen molar-refractivity contribution in [1.29, 1.82) is 0 Å². The Balaban J connectivity index is 1.98. The predicted molar refractivity (Wildman–Crippen MR) is 101 cm³/mol. The smallest absolute Gasteiger partial charge is 0.263 e. The zero-order chi connectivity index (χ0) is 19.6.